The Morgan fingerprint density at radius 2 is 2.10 bits per heavy atom. The average molecular weight is 299 g/mol. The predicted octanol–water partition coefficient (Wildman–Crippen LogP) is -0.535. The molecule has 1 aliphatic rings. The lowest BCUT2D eigenvalue weighted by atomic mass is 10.1. The molecule has 8 nitrogen and oxygen atoms in total. The summed E-state index contributed by atoms with van der Waals surface area (Å²) in [5.74, 6) is 0.0619. The van der Waals surface area contributed by atoms with E-state index in [-0.39, 0.29) is 10.8 Å². The first-order chi connectivity index (χ1) is 9.53. The summed E-state index contributed by atoms with van der Waals surface area (Å²) >= 11 is 0. The highest BCUT2D eigenvalue weighted by atomic mass is 32.2. The van der Waals surface area contributed by atoms with Crippen molar-refractivity contribution in [2.45, 2.75) is 30.7 Å². The third kappa shape index (κ3) is 3.42. The summed E-state index contributed by atoms with van der Waals surface area (Å²) in [4.78, 5) is 19.3. The highest BCUT2D eigenvalue weighted by molar-refractivity contribution is 7.89. The summed E-state index contributed by atoms with van der Waals surface area (Å²) in [5.41, 5.74) is 0. The van der Waals surface area contributed by atoms with Gasteiger partial charge in [-0.15, -0.1) is 0 Å². The number of nitrogens with one attached hydrogen (secondary N) is 3. The summed E-state index contributed by atoms with van der Waals surface area (Å²) in [6.45, 7) is 3.11. The summed E-state index contributed by atoms with van der Waals surface area (Å²) < 4.78 is 26.6. The number of carbonyl (C=O) groups is 1. The highest BCUT2D eigenvalue weighted by Crippen LogP contribution is 2.11. The zero-order chi connectivity index (χ0) is 14.6. The minimum absolute atomic E-state index is 0.0578. The van der Waals surface area contributed by atoms with Gasteiger partial charge in [-0.2, -0.15) is 4.72 Å². The molecule has 1 unspecified atom stereocenters. The number of rotatable bonds is 5. The molecule has 1 aromatic heterocycles. The Hall–Kier alpha value is -1.74. The minimum Gasteiger partial charge on any atom is -0.355 e. The van der Waals surface area contributed by atoms with Gasteiger partial charge in [0.25, 0.3) is 0 Å². The number of carbonyl (C=O) groups excluding carboxylic acids is 1. The van der Waals surface area contributed by atoms with Crippen LogP contribution in [0.2, 0.25) is 0 Å². The van der Waals surface area contributed by atoms with Gasteiger partial charge < -0.3 is 10.6 Å². The van der Waals surface area contributed by atoms with Gasteiger partial charge in [0.05, 0.1) is 12.4 Å². The van der Waals surface area contributed by atoms with Gasteiger partial charge in [-0.05, 0) is 19.8 Å². The maximum Gasteiger partial charge on any atom is 0.244 e. The zero-order valence-corrected chi connectivity index (χ0v) is 11.9. The van der Waals surface area contributed by atoms with Crippen LogP contribution >= 0.6 is 0 Å². The molecule has 0 spiro atoms. The van der Waals surface area contributed by atoms with E-state index in [9.17, 15) is 13.2 Å². The smallest absolute Gasteiger partial charge is 0.244 e. The molecule has 1 atom stereocenters. The number of nitrogens with zero attached hydrogens (tertiary/aromatic N) is 2. The van der Waals surface area contributed by atoms with Crippen LogP contribution in [0.1, 0.15) is 19.8 Å². The molecule has 0 aliphatic carbocycles. The van der Waals surface area contributed by atoms with Crippen LogP contribution in [0.3, 0.4) is 0 Å². The van der Waals surface area contributed by atoms with Gasteiger partial charge in [-0.25, -0.2) is 18.4 Å². The molecule has 0 aromatic carbocycles. The molecule has 3 N–H and O–H groups in total. The molecule has 9 heteroatoms. The molecular weight excluding hydrogens is 282 g/mol. The molecule has 20 heavy (non-hydrogen) atoms. The van der Waals surface area contributed by atoms with Gasteiger partial charge in [0, 0.05) is 13.1 Å². The summed E-state index contributed by atoms with van der Waals surface area (Å²) in [6, 6.07) is -0.734. The number of aromatic nitrogens is 2. The van der Waals surface area contributed by atoms with Gasteiger partial charge in [-0.3, -0.25) is 4.79 Å². The van der Waals surface area contributed by atoms with Gasteiger partial charge in [0.1, 0.15) is 10.9 Å². The molecule has 1 saturated heterocycles. The van der Waals surface area contributed by atoms with Crippen molar-refractivity contribution in [2.75, 3.05) is 18.4 Å². The maximum atomic E-state index is 12.1. The zero-order valence-electron chi connectivity index (χ0n) is 11.1. The van der Waals surface area contributed by atoms with Crippen molar-refractivity contribution < 1.29 is 13.2 Å². The molecule has 0 bridgehead atoms. The van der Waals surface area contributed by atoms with Crippen LogP contribution in [0.15, 0.2) is 17.3 Å². The second-order valence-corrected chi connectivity index (χ2v) is 6.09. The quantitative estimate of drug-likeness (QED) is 0.673. The van der Waals surface area contributed by atoms with E-state index in [2.05, 4.69) is 25.3 Å². The standard InChI is InChI=1S/C11H17N5O3S/c1-2-12-11-14-6-8(7-15-11)20(18,19)16-9-4-3-5-13-10(9)17/h6-7,9,16H,2-5H2,1H3,(H,13,17)(H,12,14,15). The number of hydrogen-bond donors (Lipinski definition) is 3. The number of anilines is 1. The van der Waals surface area contributed by atoms with Crippen LogP contribution in [0.25, 0.3) is 0 Å². The molecule has 0 radical (unpaired) electrons. The van der Waals surface area contributed by atoms with E-state index in [1.807, 2.05) is 6.92 Å². The summed E-state index contributed by atoms with van der Waals surface area (Å²) in [7, 11) is -3.79. The topological polar surface area (TPSA) is 113 Å². The molecule has 110 valence electrons. The van der Waals surface area contributed by atoms with Crippen LogP contribution in [0.5, 0.6) is 0 Å². The fourth-order valence-corrected chi connectivity index (χ4v) is 2.96. The Morgan fingerprint density at radius 1 is 1.40 bits per heavy atom. The van der Waals surface area contributed by atoms with E-state index >= 15 is 0 Å². The van der Waals surface area contributed by atoms with E-state index < -0.39 is 16.1 Å². The Bertz CT molecular complexity index is 572. The predicted molar refractivity (Wildman–Crippen MR) is 72.5 cm³/mol. The van der Waals surface area contributed by atoms with Gasteiger partial charge in [0.15, 0.2) is 0 Å². The van der Waals surface area contributed by atoms with Crippen LogP contribution in [0.4, 0.5) is 5.95 Å². The number of hydrogen-bond acceptors (Lipinski definition) is 6. The first-order valence-electron chi connectivity index (χ1n) is 6.39. The van der Waals surface area contributed by atoms with Gasteiger partial charge in [0.2, 0.25) is 21.9 Å². The van der Waals surface area contributed by atoms with Crippen molar-refractivity contribution >= 4 is 21.9 Å². The second kappa shape index (κ2) is 6.14. The van der Waals surface area contributed by atoms with E-state index in [0.717, 1.165) is 6.42 Å². The number of amides is 1. The number of piperidine rings is 1. The van der Waals surface area contributed by atoms with Gasteiger partial charge >= 0.3 is 0 Å². The van der Waals surface area contributed by atoms with Crippen LogP contribution in [-0.4, -0.2) is 43.4 Å². The lowest BCUT2D eigenvalue weighted by Crippen LogP contribution is -2.50. The van der Waals surface area contributed by atoms with Crippen molar-refractivity contribution in [1.82, 2.24) is 20.0 Å². The number of sulfonamides is 1. The van der Waals surface area contributed by atoms with E-state index in [4.69, 9.17) is 0 Å². The Morgan fingerprint density at radius 3 is 2.70 bits per heavy atom. The SMILES string of the molecule is CCNc1ncc(S(=O)(=O)NC2CCCNC2=O)cn1. The first kappa shape index (κ1) is 14.7. The molecule has 2 heterocycles. The van der Waals surface area contributed by atoms with Crippen molar-refractivity contribution in [3.8, 4) is 0 Å². The van der Waals surface area contributed by atoms with E-state index in [1.165, 1.54) is 12.4 Å². The van der Waals surface area contributed by atoms with Crippen molar-refractivity contribution in [3.63, 3.8) is 0 Å². The molecule has 1 fully saturated rings. The average Bonchev–Trinajstić information content (AvgIpc) is 2.42. The minimum atomic E-state index is -3.79. The Balaban J connectivity index is 2.11. The largest absolute Gasteiger partial charge is 0.355 e. The lowest BCUT2D eigenvalue weighted by molar-refractivity contribution is -0.124. The first-order valence-corrected chi connectivity index (χ1v) is 7.87. The molecule has 1 aliphatic heterocycles. The van der Waals surface area contributed by atoms with Crippen LogP contribution in [0, 0.1) is 0 Å². The molecule has 0 saturated carbocycles. The fraction of sp³-hybridized carbons (Fsp3) is 0.545. The fourth-order valence-electron chi connectivity index (χ4n) is 1.84. The molecule has 2 rings (SSSR count). The molecule has 1 amide bonds. The lowest BCUT2D eigenvalue weighted by Gasteiger charge is -2.22. The summed E-state index contributed by atoms with van der Waals surface area (Å²) in [5, 5.41) is 5.50. The van der Waals surface area contributed by atoms with Crippen LogP contribution < -0.4 is 15.4 Å². The Kier molecular flexibility index (Phi) is 4.50. The second-order valence-electron chi connectivity index (χ2n) is 4.38. The van der Waals surface area contributed by atoms with Crippen molar-refractivity contribution in [1.29, 1.82) is 0 Å². The van der Waals surface area contributed by atoms with Crippen LogP contribution in [-0.2, 0) is 14.8 Å². The van der Waals surface area contributed by atoms with Crippen molar-refractivity contribution in [2.24, 2.45) is 0 Å². The normalized spacial score (nSPS) is 19.4. The van der Waals surface area contributed by atoms with Gasteiger partial charge in [-0.1, -0.05) is 0 Å². The molecular formula is C11H17N5O3S. The van der Waals surface area contributed by atoms with E-state index in [1.54, 1.807) is 0 Å². The highest BCUT2D eigenvalue weighted by Gasteiger charge is 2.28. The maximum absolute atomic E-state index is 12.1. The third-order valence-electron chi connectivity index (χ3n) is 2.86. The van der Waals surface area contributed by atoms with E-state index in [0.29, 0.717) is 25.5 Å². The monoisotopic (exact) mass is 299 g/mol. The third-order valence-corrected chi connectivity index (χ3v) is 4.28. The summed E-state index contributed by atoms with van der Waals surface area (Å²) in [6.07, 6.45) is 3.66. The Labute approximate surface area is 117 Å². The molecule has 1 aromatic rings. The van der Waals surface area contributed by atoms with Crippen molar-refractivity contribution in [3.05, 3.63) is 12.4 Å².